The molecule has 1 amide bonds. The fourth-order valence-electron chi connectivity index (χ4n) is 3.08. The summed E-state index contributed by atoms with van der Waals surface area (Å²) in [5, 5.41) is 1.93. The normalized spacial score (nSPS) is 11.0. The van der Waals surface area contributed by atoms with Crippen LogP contribution in [0.1, 0.15) is 21.8 Å². The number of para-hydroxylation sites is 1. The Hall–Kier alpha value is -2.32. The summed E-state index contributed by atoms with van der Waals surface area (Å²) in [7, 11) is 5.00. The number of fused-ring (bicyclic) bond motifs is 1. The molecule has 0 atom stereocenters. The smallest absolute Gasteiger partial charge is 0.233 e. The standard InChI is InChI=1S/C21H25N3O3S2/c1-12-13(2)29-21-18(12)20(22-14(3)23-21)28-11-17(25)24(4)10-15-8-7-9-16(26-5)19(15)27-6/h7-9H,10-11H2,1-6H3. The van der Waals surface area contributed by atoms with Gasteiger partial charge in [0.2, 0.25) is 5.91 Å². The molecule has 154 valence electrons. The van der Waals surface area contributed by atoms with E-state index in [4.69, 9.17) is 9.47 Å². The number of rotatable bonds is 7. The van der Waals surface area contributed by atoms with Crippen molar-refractivity contribution >= 4 is 39.2 Å². The highest BCUT2D eigenvalue weighted by molar-refractivity contribution is 8.00. The van der Waals surface area contributed by atoms with Gasteiger partial charge in [-0.15, -0.1) is 11.3 Å². The van der Waals surface area contributed by atoms with Crippen LogP contribution in [0.3, 0.4) is 0 Å². The predicted octanol–water partition coefficient (Wildman–Crippen LogP) is 4.38. The van der Waals surface area contributed by atoms with Crippen LogP contribution in [0.15, 0.2) is 23.2 Å². The second-order valence-electron chi connectivity index (χ2n) is 6.73. The van der Waals surface area contributed by atoms with Crippen molar-refractivity contribution in [2.24, 2.45) is 0 Å². The SMILES string of the molecule is COc1cccc(CN(C)C(=O)CSc2nc(C)nc3sc(C)c(C)c23)c1OC. The Balaban J connectivity index is 1.74. The van der Waals surface area contributed by atoms with E-state index in [1.807, 2.05) is 25.1 Å². The van der Waals surface area contributed by atoms with Crippen LogP contribution in [0.4, 0.5) is 0 Å². The maximum absolute atomic E-state index is 12.8. The molecule has 0 unspecified atom stereocenters. The van der Waals surface area contributed by atoms with Gasteiger partial charge in [-0.3, -0.25) is 4.79 Å². The number of carbonyl (C=O) groups excluding carboxylic acids is 1. The zero-order valence-electron chi connectivity index (χ0n) is 17.5. The molecule has 0 aliphatic rings. The van der Waals surface area contributed by atoms with Crippen molar-refractivity contribution in [2.75, 3.05) is 27.0 Å². The molecule has 0 saturated heterocycles. The van der Waals surface area contributed by atoms with E-state index in [1.165, 1.54) is 22.2 Å². The minimum Gasteiger partial charge on any atom is -0.493 e. The Morgan fingerprint density at radius 1 is 1.17 bits per heavy atom. The maximum atomic E-state index is 12.8. The average molecular weight is 432 g/mol. The van der Waals surface area contributed by atoms with Gasteiger partial charge < -0.3 is 14.4 Å². The monoisotopic (exact) mass is 431 g/mol. The molecule has 0 radical (unpaired) electrons. The fraction of sp³-hybridized carbons (Fsp3) is 0.381. The van der Waals surface area contributed by atoms with E-state index in [9.17, 15) is 4.79 Å². The molecular formula is C21H25N3O3S2. The predicted molar refractivity (Wildman–Crippen MR) is 118 cm³/mol. The summed E-state index contributed by atoms with van der Waals surface area (Å²) in [6.45, 7) is 6.50. The molecule has 29 heavy (non-hydrogen) atoms. The number of benzene rings is 1. The number of carbonyl (C=O) groups is 1. The molecule has 2 aromatic heterocycles. The Bertz CT molecular complexity index is 1050. The van der Waals surface area contributed by atoms with Gasteiger partial charge in [0.25, 0.3) is 0 Å². The molecule has 0 saturated carbocycles. The molecule has 0 aliphatic carbocycles. The van der Waals surface area contributed by atoms with Crippen molar-refractivity contribution in [3.05, 3.63) is 40.0 Å². The quantitative estimate of drug-likeness (QED) is 0.408. The van der Waals surface area contributed by atoms with E-state index in [1.54, 1.807) is 37.5 Å². The first-order chi connectivity index (χ1) is 13.8. The summed E-state index contributed by atoms with van der Waals surface area (Å²) < 4.78 is 10.8. The fourth-order valence-corrected chi connectivity index (χ4v) is 5.29. The second-order valence-corrected chi connectivity index (χ2v) is 8.90. The van der Waals surface area contributed by atoms with Gasteiger partial charge in [-0.05, 0) is 32.4 Å². The molecule has 0 spiro atoms. The van der Waals surface area contributed by atoms with E-state index in [-0.39, 0.29) is 5.91 Å². The lowest BCUT2D eigenvalue weighted by atomic mass is 10.1. The Morgan fingerprint density at radius 3 is 2.62 bits per heavy atom. The number of amides is 1. The first-order valence-electron chi connectivity index (χ1n) is 9.16. The average Bonchev–Trinajstić information content (AvgIpc) is 2.98. The first kappa shape index (κ1) is 21.4. The Kier molecular flexibility index (Phi) is 6.64. The molecular weight excluding hydrogens is 406 g/mol. The molecule has 0 fully saturated rings. The lowest BCUT2D eigenvalue weighted by molar-refractivity contribution is -0.127. The molecule has 3 aromatic rings. The number of ether oxygens (including phenoxy) is 2. The van der Waals surface area contributed by atoms with Crippen molar-refractivity contribution < 1.29 is 14.3 Å². The minimum absolute atomic E-state index is 0.0221. The van der Waals surface area contributed by atoms with Crippen LogP contribution < -0.4 is 9.47 Å². The van der Waals surface area contributed by atoms with Gasteiger partial charge in [0.05, 0.1) is 20.0 Å². The van der Waals surface area contributed by atoms with Gasteiger partial charge in [0.15, 0.2) is 11.5 Å². The minimum atomic E-state index is 0.0221. The van der Waals surface area contributed by atoms with E-state index in [0.29, 0.717) is 23.8 Å². The summed E-state index contributed by atoms with van der Waals surface area (Å²) in [4.78, 5) is 25.8. The molecule has 0 N–H and O–H groups in total. The number of thioether (sulfide) groups is 1. The van der Waals surface area contributed by atoms with Crippen molar-refractivity contribution in [2.45, 2.75) is 32.3 Å². The van der Waals surface area contributed by atoms with Crippen LogP contribution in [0.2, 0.25) is 0 Å². The van der Waals surface area contributed by atoms with Gasteiger partial charge in [-0.1, -0.05) is 23.9 Å². The van der Waals surface area contributed by atoms with Crippen molar-refractivity contribution in [3.8, 4) is 11.5 Å². The van der Waals surface area contributed by atoms with Gasteiger partial charge in [0.1, 0.15) is 15.7 Å². The van der Waals surface area contributed by atoms with Crippen LogP contribution in [0, 0.1) is 20.8 Å². The number of hydrogen-bond donors (Lipinski definition) is 0. The second kappa shape index (κ2) is 9.00. The number of hydrogen-bond acceptors (Lipinski definition) is 7. The number of aromatic nitrogens is 2. The number of nitrogens with zero attached hydrogens (tertiary/aromatic N) is 3. The highest BCUT2D eigenvalue weighted by atomic mass is 32.2. The molecule has 0 aliphatic heterocycles. The molecule has 6 nitrogen and oxygen atoms in total. The summed E-state index contributed by atoms with van der Waals surface area (Å²) in [6.07, 6.45) is 0. The summed E-state index contributed by atoms with van der Waals surface area (Å²) in [5.74, 6) is 2.36. The summed E-state index contributed by atoms with van der Waals surface area (Å²) in [5.41, 5.74) is 2.09. The molecule has 3 rings (SSSR count). The van der Waals surface area contributed by atoms with E-state index < -0.39 is 0 Å². The zero-order chi connectivity index (χ0) is 21.1. The third kappa shape index (κ3) is 4.48. The molecule has 8 heteroatoms. The summed E-state index contributed by atoms with van der Waals surface area (Å²) in [6, 6.07) is 5.67. The van der Waals surface area contributed by atoms with E-state index in [2.05, 4.69) is 23.8 Å². The highest BCUT2D eigenvalue weighted by Crippen LogP contribution is 2.35. The third-order valence-electron chi connectivity index (χ3n) is 4.76. The van der Waals surface area contributed by atoms with Crippen molar-refractivity contribution in [1.82, 2.24) is 14.9 Å². The first-order valence-corrected chi connectivity index (χ1v) is 11.0. The lowest BCUT2D eigenvalue weighted by Crippen LogP contribution is -2.28. The van der Waals surface area contributed by atoms with Crippen molar-refractivity contribution in [3.63, 3.8) is 0 Å². The Labute approximate surface area is 179 Å². The van der Waals surface area contributed by atoms with Crippen LogP contribution >= 0.6 is 23.1 Å². The molecule has 2 heterocycles. The van der Waals surface area contributed by atoms with Gasteiger partial charge in [-0.25, -0.2) is 9.97 Å². The highest BCUT2D eigenvalue weighted by Gasteiger charge is 2.18. The van der Waals surface area contributed by atoms with Crippen LogP contribution in [-0.2, 0) is 11.3 Å². The van der Waals surface area contributed by atoms with E-state index in [0.717, 1.165) is 26.6 Å². The third-order valence-corrected chi connectivity index (χ3v) is 6.82. The van der Waals surface area contributed by atoms with Crippen molar-refractivity contribution in [1.29, 1.82) is 0 Å². The van der Waals surface area contributed by atoms with Crippen LogP contribution in [-0.4, -0.2) is 47.8 Å². The van der Waals surface area contributed by atoms with Crippen LogP contribution in [0.5, 0.6) is 11.5 Å². The number of methoxy groups -OCH3 is 2. The Morgan fingerprint density at radius 2 is 1.93 bits per heavy atom. The lowest BCUT2D eigenvalue weighted by Gasteiger charge is -2.20. The summed E-state index contributed by atoms with van der Waals surface area (Å²) >= 11 is 3.14. The molecule has 1 aromatic carbocycles. The largest absolute Gasteiger partial charge is 0.493 e. The number of thiophene rings is 1. The van der Waals surface area contributed by atoms with Crippen LogP contribution in [0.25, 0.3) is 10.2 Å². The van der Waals surface area contributed by atoms with Gasteiger partial charge in [0, 0.05) is 29.4 Å². The van der Waals surface area contributed by atoms with Gasteiger partial charge in [-0.2, -0.15) is 0 Å². The number of aryl methyl sites for hydroxylation is 3. The topological polar surface area (TPSA) is 64.5 Å². The van der Waals surface area contributed by atoms with E-state index >= 15 is 0 Å². The maximum Gasteiger partial charge on any atom is 0.233 e. The molecule has 0 bridgehead atoms. The van der Waals surface area contributed by atoms with Gasteiger partial charge >= 0.3 is 0 Å². The zero-order valence-corrected chi connectivity index (χ0v) is 19.2.